The summed E-state index contributed by atoms with van der Waals surface area (Å²) in [6, 6.07) is 17.5. The average molecular weight is 457 g/mol. The molecule has 7 nitrogen and oxygen atoms in total. The van der Waals surface area contributed by atoms with E-state index in [4.69, 9.17) is 0 Å². The zero-order valence-electron chi connectivity index (χ0n) is 19.3. The summed E-state index contributed by atoms with van der Waals surface area (Å²) in [5, 5.41) is 6.70. The SMILES string of the molecule is CC(C)NC(=O)c1cn(Cc2ccccc2)cc(C(=O)NCCc2c[nH]c3ccccc23)c1=O. The molecule has 2 aromatic heterocycles. The molecule has 4 aromatic rings. The number of hydrogen-bond acceptors (Lipinski definition) is 3. The Balaban J connectivity index is 1.56. The number of H-pyrrole nitrogens is 1. The summed E-state index contributed by atoms with van der Waals surface area (Å²) in [7, 11) is 0. The molecule has 2 aromatic carbocycles. The highest BCUT2D eigenvalue weighted by Crippen LogP contribution is 2.17. The smallest absolute Gasteiger partial charge is 0.256 e. The number of hydrogen-bond donors (Lipinski definition) is 3. The fourth-order valence-electron chi connectivity index (χ4n) is 3.92. The molecule has 4 rings (SSSR count). The van der Waals surface area contributed by atoms with Gasteiger partial charge in [-0.3, -0.25) is 14.4 Å². The van der Waals surface area contributed by atoms with Crippen LogP contribution in [0, 0.1) is 0 Å². The van der Waals surface area contributed by atoms with Crippen LogP contribution in [0.1, 0.15) is 45.7 Å². The summed E-state index contributed by atoms with van der Waals surface area (Å²) in [5.41, 5.74) is 2.44. The molecule has 2 heterocycles. The molecule has 3 N–H and O–H groups in total. The Labute approximate surface area is 197 Å². The fraction of sp³-hybridized carbons (Fsp3) is 0.222. The van der Waals surface area contributed by atoms with Gasteiger partial charge < -0.3 is 20.2 Å². The van der Waals surface area contributed by atoms with Gasteiger partial charge in [0.25, 0.3) is 11.8 Å². The molecule has 7 heteroatoms. The highest BCUT2D eigenvalue weighted by atomic mass is 16.2. The number of benzene rings is 2. The van der Waals surface area contributed by atoms with E-state index in [-0.39, 0.29) is 17.2 Å². The molecule has 0 bridgehead atoms. The van der Waals surface area contributed by atoms with Gasteiger partial charge in [0.05, 0.1) is 0 Å². The zero-order chi connectivity index (χ0) is 24.1. The van der Waals surface area contributed by atoms with E-state index in [0.29, 0.717) is 19.5 Å². The summed E-state index contributed by atoms with van der Waals surface area (Å²) in [4.78, 5) is 42.0. The number of carbonyl (C=O) groups is 2. The number of nitrogens with one attached hydrogen (secondary N) is 3. The number of aromatic nitrogens is 2. The number of pyridine rings is 1. The van der Waals surface area contributed by atoms with Crippen molar-refractivity contribution >= 4 is 22.7 Å². The molecule has 0 aliphatic heterocycles. The van der Waals surface area contributed by atoms with Gasteiger partial charge in [0.1, 0.15) is 11.1 Å². The Morgan fingerprint density at radius 2 is 1.62 bits per heavy atom. The summed E-state index contributed by atoms with van der Waals surface area (Å²) in [5.74, 6) is -0.985. The Morgan fingerprint density at radius 3 is 2.35 bits per heavy atom. The maximum atomic E-state index is 13.1. The van der Waals surface area contributed by atoms with Crippen LogP contribution in [0.25, 0.3) is 10.9 Å². The van der Waals surface area contributed by atoms with Crippen LogP contribution >= 0.6 is 0 Å². The van der Waals surface area contributed by atoms with Crippen LogP contribution in [-0.2, 0) is 13.0 Å². The van der Waals surface area contributed by atoms with Crippen molar-refractivity contribution in [3.8, 4) is 0 Å². The third-order valence-electron chi connectivity index (χ3n) is 5.55. The molecule has 0 fully saturated rings. The molecule has 0 aliphatic rings. The lowest BCUT2D eigenvalue weighted by molar-refractivity contribution is 0.0941. The van der Waals surface area contributed by atoms with Crippen molar-refractivity contribution in [2.45, 2.75) is 32.9 Å². The molecule has 2 amide bonds. The van der Waals surface area contributed by atoms with Crippen molar-refractivity contribution in [2.75, 3.05) is 6.54 Å². The van der Waals surface area contributed by atoms with Gasteiger partial charge in [-0.15, -0.1) is 0 Å². The monoisotopic (exact) mass is 456 g/mol. The number of para-hydroxylation sites is 1. The van der Waals surface area contributed by atoms with Gasteiger partial charge in [-0.25, -0.2) is 0 Å². The standard InChI is InChI=1S/C27H28N4O3/c1-18(2)30-27(34)23-17-31(15-19-8-4-3-5-9-19)16-22(25(23)32)26(33)28-13-12-20-14-29-24-11-7-6-10-21(20)24/h3-11,14,16-18,29H,12-13,15H2,1-2H3,(H,28,33)(H,30,34). The van der Waals surface area contributed by atoms with Gasteiger partial charge in [0.2, 0.25) is 5.43 Å². The summed E-state index contributed by atoms with van der Waals surface area (Å²) in [6.45, 7) is 4.43. The van der Waals surface area contributed by atoms with Crippen LogP contribution in [-0.4, -0.2) is 34.0 Å². The fourth-order valence-corrected chi connectivity index (χ4v) is 3.92. The lowest BCUT2D eigenvalue weighted by atomic mass is 10.1. The van der Waals surface area contributed by atoms with E-state index in [1.54, 1.807) is 4.57 Å². The largest absolute Gasteiger partial charge is 0.361 e. The molecule has 0 unspecified atom stereocenters. The summed E-state index contributed by atoms with van der Waals surface area (Å²) in [6.07, 6.45) is 5.57. The first-order chi connectivity index (χ1) is 16.4. The van der Waals surface area contributed by atoms with E-state index in [9.17, 15) is 14.4 Å². The Morgan fingerprint density at radius 1 is 0.941 bits per heavy atom. The Kier molecular flexibility index (Phi) is 6.92. The van der Waals surface area contributed by atoms with E-state index < -0.39 is 17.2 Å². The Bertz CT molecular complexity index is 1370. The van der Waals surface area contributed by atoms with Crippen LogP contribution in [0.4, 0.5) is 0 Å². The molecule has 34 heavy (non-hydrogen) atoms. The molecule has 0 aliphatic carbocycles. The predicted octanol–water partition coefficient (Wildman–Crippen LogP) is 3.49. The van der Waals surface area contributed by atoms with Gasteiger partial charge >= 0.3 is 0 Å². The summed E-state index contributed by atoms with van der Waals surface area (Å²) >= 11 is 0. The van der Waals surface area contributed by atoms with Gasteiger partial charge in [-0.1, -0.05) is 48.5 Å². The van der Waals surface area contributed by atoms with Gasteiger partial charge in [0.15, 0.2) is 0 Å². The number of amides is 2. The van der Waals surface area contributed by atoms with Crippen LogP contribution in [0.2, 0.25) is 0 Å². The number of rotatable bonds is 8. The minimum Gasteiger partial charge on any atom is -0.361 e. The molecular formula is C27H28N4O3. The van der Waals surface area contributed by atoms with Gasteiger partial charge in [0, 0.05) is 48.6 Å². The van der Waals surface area contributed by atoms with Crippen molar-refractivity contribution in [3.05, 3.63) is 106 Å². The van der Waals surface area contributed by atoms with E-state index in [2.05, 4.69) is 15.6 Å². The quantitative estimate of drug-likeness (QED) is 0.379. The van der Waals surface area contributed by atoms with Crippen LogP contribution in [0.5, 0.6) is 0 Å². The normalized spacial score (nSPS) is 11.0. The molecule has 0 spiro atoms. The van der Waals surface area contributed by atoms with Crippen molar-refractivity contribution < 1.29 is 9.59 Å². The van der Waals surface area contributed by atoms with Crippen LogP contribution in [0.3, 0.4) is 0 Å². The molecular weight excluding hydrogens is 428 g/mol. The molecule has 0 radical (unpaired) electrons. The summed E-state index contributed by atoms with van der Waals surface area (Å²) < 4.78 is 1.71. The van der Waals surface area contributed by atoms with E-state index in [0.717, 1.165) is 22.0 Å². The first kappa shape index (κ1) is 23.0. The lowest BCUT2D eigenvalue weighted by Gasteiger charge is -2.14. The maximum Gasteiger partial charge on any atom is 0.256 e. The molecule has 174 valence electrons. The van der Waals surface area contributed by atoms with E-state index in [1.165, 1.54) is 12.4 Å². The molecule has 0 saturated heterocycles. The lowest BCUT2D eigenvalue weighted by Crippen LogP contribution is -2.38. The molecule has 0 atom stereocenters. The van der Waals surface area contributed by atoms with Gasteiger partial charge in [-0.05, 0) is 37.5 Å². The van der Waals surface area contributed by atoms with E-state index in [1.807, 2.05) is 74.6 Å². The number of aromatic amines is 1. The molecule has 0 saturated carbocycles. The minimum atomic E-state index is -0.577. The topological polar surface area (TPSA) is 96.0 Å². The second-order valence-electron chi connectivity index (χ2n) is 8.57. The highest BCUT2D eigenvalue weighted by molar-refractivity contribution is 5.99. The highest BCUT2D eigenvalue weighted by Gasteiger charge is 2.20. The van der Waals surface area contributed by atoms with Crippen LogP contribution < -0.4 is 16.1 Å². The second-order valence-corrected chi connectivity index (χ2v) is 8.57. The third-order valence-corrected chi connectivity index (χ3v) is 5.55. The third kappa shape index (κ3) is 5.26. The van der Waals surface area contributed by atoms with Crippen molar-refractivity contribution in [1.82, 2.24) is 20.2 Å². The second kappa shape index (κ2) is 10.2. The van der Waals surface area contributed by atoms with Crippen molar-refractivity contribution in [1.29, 1.82) is 0 Å². The predicted molar refractivity (Wildman–Crippen MR) is 133 cm³/mol. The number of nitrogens with zero attached hydrogens (tertiary/aromatic N) is 1. The van der Waals surface area contributed by atoms with Crippen molar-refractivity contribution in [2.24, 2.45) is 0 Å². The average Bonchev–Trinajstić information content (AvgIpc) is 3.23. The number of carbonyl (C=O) groups excluding carboxylic acids is 2. The Hall–Kier alpha value is -4.13. The van der Waals surface area contributed by atoms with E-state index >= 15 is 0 Å². The van der Waals surface area contributed by atoms with Crippen LogP contribution in [0.15, 0.2) is 78.0 Å². The number of fused-ring (bicyclic) bond motifs is 1. The van der Waals surface area contributed by atoms with Gasteiger partial charge in [-0.2, -0.15) is 0 Å². The van der Waals surface area contributed by atoms with Crippen molar-refractivity contribution in [3.63, 3.8) is 0 Å². The first-order valence-electron chi connectivity index (χ1n) is 11.3. The maximum absolute atomic E-state index is 13.1. The zero-order valence-corrected chi connectivity index (χ0v) is 19.3. The minimum absolute atomic E-state index is 0.0473. The first-order valence-corrected chi connectivity index (χ1v) is 11.3.